The molecule has 0 saturated carbocycles. The van der Waals surface area contributed by atoms with Gasteiger partial charge in [0.25, 0.3) is 0 Å². The molecule has 19 heavy (non-hydrogen) atoms. The molecule has 1 amide bonds. The van der Waals surface area contributed by atoms with Gasteiger partial charge < -0.3 is 10.1 Å². The van der Waals surface area contributed by atoms with Gasteiger partial charge in [0.05, 0.1) is 22.0 Å². The number of amides is 1. The molecule has 1 N–H and O–H groups in total. The summed E-state index contributed by atoms with van der Waals surface area (Å²) in [5.74, 6) is 0. The van der Waals surface area contributed by atoms with Crippen molar-refractivity contribution < 1.29 is 9.53 Å². The van der Waals surface area contributed by atoms with Crippen LogP contribution in [0.2, 0.25) is 0 Å². The van der Waals surface area contributed by atoms with E-state index in [-0.39, 0.29) is 6.61 Å². The van der Waals surface area contributed by atoms with Gasteiger partial charge in [-0.15, -0.1) is 0 Å². The molecule has 0 aliphatic heterocycles. The Morgan fingerprint density at radius 2 is 2.16 bits per heavy atom. The summed E-state index contributed by atoms with van der Waals surface area (Å²) in [5.41, 5.74) is 1.92. The molecule has 1 heterocycles. The van der Waals surface area contributed by atoms with E-state index in [1.807, 2.05) is 37.4 Å². The molecule has 2 aromatic rings. The Morgan fingerprint density at radius 3 is 2.79 bits per heavy atom. The molecular formula is C13H14IN3O2. The van der Waals surface area contributed by atoms with Gasteiger partial charge in [0, 0.05) is 7.05 Å². The first kappa shape index (κ1) is 13.9. The molecule has 0 saturated heterocycles. The molecule has 0 spiro atoms. The lowest BCUT2D eigenvalue weighted by Gasteiger charge is -2.07. The number of benzene rings is 1. The molecule has 1 aromatic heterocycles. The number of aromatic nitrogens is 2. The van der Waals surface area contributed by atoms with Crippen molar-refractivity contribution in [1.29, 1.82) is 0 Å². The predicted octanol–water partition coefficient (Wildman–Crippen LogP) is 2.45. The molecule has 100 valence electrons. The highest BCUT2D eigenvalue weighted by Gasteiger charge is 2.08. The lowest BCUT2D eigenvalue weighted by molar-refractivity contribution is 0.139. The molecule has 1 aromatic carbocycles. The summed E-state index contributed by atoms with van der Waals surface area (Å²) >= 11 is 2.18. The lowest BCUT2D eigenvalue weighted by Crippen LogP contribution is -2.25. The Hall–Kier alpha value is -1.57. The minimum atomic E-state index is -0.430. The van der Waals surface area contributed by atoms with Crippen LogP contribution in [0.5, 0.6) is 0 Å². The number of carbonyl (C=O) groups excluding carboxylic acids is 1. The molecule has 0 radical (unpaired) electrons. The summed E-state index contributed by atoms with van der Waals surface area (Å²) < 4.78 is 7.88. The number of nitrogens with zero attached hydrogens (tertiary/aromatic N) is 2. The fraction of sp³-hybridized carbons (Fsp3) is 0.231. The Labute approximate surface area is 125 Å². The number of ether oxygens (including phenoxy) is 1. The fourth-order valence-corrected chi connectivity index (χ4v) is 2.23. The van der Waals surface area contributed by atoms with Gasteiger partial charge in [0.15, 0.2) is 0 Å². The zero-order valence-corrected chi connectivity index (χ0v) is 12.6. The van der Waals surface area contributed by atoms with Crippen molar-refractivity contribution in [1.82, 2.24) is 15.1 Å². The molecule has 0 aliphatic rings. The molecule has 6 heteroatoms. The average molecular weight is 371 g/mol. The van der Waals surface area contributed by atoms with Crippen LogP contribution in [0, 0.1) is 3.57 Å². The minimum Gasteiger partial charge on any atom is -0.445 e. The van der Waals surface area contributed by atoms with Crippen LogP contribution in [-0.2, 0) is 24.9 Å². The Morgan fingerprint density at radius 1 is 1.42 bits per heavy atom. The number of halogens is 1. The molecular weight excluding hydrogens is 357 g/mol. The quantitative estimate of drug-likeness (QED) is 0.841. The van der Waals surface area contributed by atoms with Crippen LogP contribution in [0.1, 0.15) is 11.3 Å². The number of carbonyl (C=O) groups is 1. The number of rotatable bonds is 4. The second-order valence-corrected chi connectivity index (χ2v) is 5.14. The summed E-state index contributed by atoms with van der Waals surface area (Å²) in [6, 6.07) is 9.58. The second kappa shape index (κ2) is 6.55. The zero-order chi connectivity index (χ0) is 13.7. The van der Waals surface area contributed by atoms with Gasteiger partial charge in [-0.3, -0.25) is 4.68 Å². The van der Waals surface area contributed by atoms with Crippen LogP contribution >= 0.6 is 22.6 Å². The first-order valence-electron chi connectivity index (χ1n) is 5.77. The van der Waals surface area contributed by atoms with E-state index in [1.165, 1.54) is 0 Å². The molecule has 5 nitrogen and oxygen atoms in total. The van der Waals surface area contributed by atoms with E-state index in [9.17, 15) is 4.79 Å². The number of nitrogens with one attached hydrogen (secondary N) is 1. The van der Waals surface area contributed by atoms with Gasteiger partial charge in [-0.1, -0.05) is 30.3 Å². The summed E-state index contributed by atoms with van der Waals surface area (Å²) in [6.07, 6.45) is 1.33. The van der Waals surface area contributed by atoms with Gasteiger partial charge >= 0.3 is 6.09 Å². The summed E-state index contributed by atoms with van der Waals surface area (Å²) in [4.78, 5) is 11.6. The first-order valence-corrected chi connectivity index (χ1v) is 6.85. The molecule has 0 aliphatic carbocycles. The van der Waals surface area contributed by atoms with Crippen molar-refractivity contribution >= 4 is 28.7 Å². The smallest absolute Gasteiger partial charge is 0.407 e. The Kier molecular flexibility index (Phi) is 4.78. The molecule has 0 fully saturated rings. The number of hydrogen-bond donors (Lipinski definition) is 1. The SMILES string of the molecule is Cn1ncc(I)c1CNC(=O)OCc1ccccc1. The standard InChI is InChI=1S/C13H14IN3O2/c1-17-12(11(14)7-16-17)8-15-13(18)19-9-10-5-3-2-4-6-10/h2-7H,8-9H2,1H3,(H,15,18). The van der Waals surface area contributed by atoms with E-state index < -0.39 is 6.09 Å². The van der Waals surface area contributed by atoms with Crippen LogP contribution in [0.3, 0.4) is 0 Å². The third-order valence-electron chi connectivity index (χ3n) is 2.62. The molecule has 0 bridgehead atoms. The zero-order valence-electron chi connectivity index (χ0n) is 10.5. The summed E-state index contributed by atoms with van der Waals surface area (Å²) in [5, 5.41) is 6.81. The van der Waals surface area contributed by atoms with Crippen LogP contribution in [0.15, 0.2) is 36.5 Å². The van der Waals surface area contributed by atoms with E-state index in [1.54, 1.807) is 10.9 Å². The largest absolute Gasteiger partial charge is 0.445 e. The van der Waals surface area contributed by atoms with Crippen molar-refractivity contribution in [3.05, 3.63) is 51.4 Å². The number of alkyl carbamates (subject to hydrolysis) is 1. The van der Waals surface area contributed by atoms with Crippen LogP contribution in [0.25, 0.3) is 0 Å². The van der Waals surface area contributed by atoms with E-state index in [4.69, 9.17) is 4.74 Å². The third-order valence-corrected chi connectivity index (χ3v) is 3.52. The monoisotopic (exact) mass is 371 g/mol. The molecule has 0 unspecified atom stereocenters. The van der Waals surface area contributed by atoms with E-state index in [2.05, 4.69) is 33.0 Å². The van der Waals surface area contributed by atoms with E-state index >= 15 is 0 Å². The maximum atomic E-state index is 11.6. The van der Waals surface area contributed by atoms with Crippen LogP contribution in [0.4, 0.5) is 4.79 Å². The lowest BCUT2D eigenvalue weighted by atomic mass is 10.2. The summed E-state index contributed by atoms with van der Waals surface area (Å²) in [6.45, 7) is 0.678. The van der Waals surface area contributed by atoms with E-state index in [0.717, 1.165) is 14.8 Å². The highest BCUT2D eigenvalue weighted by molar-refractivity contribution is 14.1. The third kappa shape index (κ3) is 3.95. The predicted molar refractivity (Wildman–Crippen MR) is 79.4 cm³/mol. The van der Waals surface area contributed by atoms with Crippen molar-refractivity contribution in [3.8, 4) is 0 Å². The summed E-state index contributed by atoms with van der Waals surface area (Å²) in [7, 11) is 1.84. The normalized spacial score (nSPS) is 10.2. The fourth-order valence-electron chi connectivity index (χ4n) is 1.56. The van der Waals surface area contributed by atoms with Crippen LogP contribution < -0.4 is 5.32 Å². The topological polar surface area (TPSA) is 56.2 Å². The minimum absolute atomic E-state index is 0.273. The van der Waals surface area contributed by atoms with Crippen LogP contribution in [-0.4, -0.2) is 15.9 Å². The van der Waals surface area contributed by atoms with Gasteiger partial charge in [-0.2, -0.15) is 5.10 Å². The highest BCUT2D eigenvalue weighted by atomic mass is 127. The van der Waals surface area contributed by atoms with E-state index in [0.29, 0.717) is 6.54 Å². The first-order chi connectivity index (χ1) is 9.16. The van der Waals surface area contributed by atoms with Crippen molar-refractivity contribution in [2.45, 2.75) is 13.2 Å². The average Bonchev–Trinajstić information content (AvgIpc) is 2.75. The molecule has 0 atom stereocenters. The number of aryl methyl sites for hydroxylation is 1. The van der Waals surface area contributed by atoms with Crippen molar-refractivity contribution in [2.75, 3.05) is 0 Å². The Bertz CT molecular complexity index is 535. The maximum absolute atomic E-state index is 11.6. The van der Waals surface area contributed by atoms with Gasteiger partial charge in [-0.25, -0.2) is 4.79 Å². The number of hydrogen-bond acceptors (Lipinski definition) is 3. The van der Waals surface area contributed by atoms with Gasteiger partial charge in [0.1, 0.15) is 6.61 Å². The van der Waals surface area contributed by atoms with Gasteiger partial charge in [0.2, 0.25) is 0 Å². The van der Waals surface area contributed by atoms with Crippen molar-refractivity contribution in [3.63, 3.8) is 0 Å². The maximum Gasteiger partial charge on any atom is 0.407 e. The second-order valence-electron chi connectivity index (χ2n) is 3.98. The Balaban J connectivity index is 1.79. The van der Waals surface area contributed by atoms with Gasteiger partial charge in [-0.05, 0) is 28.2 Å². The van der Waals surface area contributed by atoms with Crippen molar-refractivity contribution in [2.24, 2.45) is 7.05 Å². The molecule has 2 rings (SSSR count). The highest BCUT2D eigenvalue weighted by Crippen LogP contribution is 2.09.